The van der Waals surface area contributed by atoms with Crippen molar-refractivity contribution in [2.24, 2.45) is 7.05 Å². The number of fused-ring (bicyclic) bond motifs is 5. The van der Waals surface area contributed by atoms with Crippen molar-refractivity contribution in [3.05, 3.63) is 72.4 Å². The molecule has 5 aromatic rings. The van der Waals surface area contributed by atoms with E-state index in [9.17, 15) is 0 Å². The lowest BCUT2D eigenvalue weighted by Crippen LogP contribution is -2.38. The monoisotopic (exact) mass is 436 g/mol. The van der Waals surface area contributed by atoms with Crippen LogP contribution in [0.3, 0.4) is 0 Å². The summed E-state index contributed by atoms with van der Waals surface area (Å²) < 4.78 is 2.32. The SMILES string of the molecule is Cc1c2c(cc3ccccc13)Sc1cc3c([Si](C)(C)C)cccc3c3cc[n+](C)c-2c13. The molecule has 1 aliphatic rings. The third kappa shape index (κ3) is 2.66. The summed E-state index contributed by atoms with van der Waals surface area (Å²) in [6.45, 7) is 9.64. The molecule has 0 fully saturated rings. The molecule has 0 saturated heterocycles. The number of pyridine rings is 1. The summed E-state index contributed by atoms with van der Waals surface area (Å²) in [5.41, 5.74) is 4.13. The van der Waals surface area contributed by atoms with E-state index < -0.39 is 8.07 Å². The van der Waals surface area contributed by atoms with Crippen LogP contribution in [0.15, 0.2) is 76.7 Å². The minimum absolute atomic E-state index is 1.33. The van der Waals surface area contributed by atoms with Crippen LogP contribution in [0.2, 0.25) is 19.6 Å². The fourth-order valence-electron chi connectivity index (χ4n) is 5.31. The predicted molar refractivity (Wildman–Crippen MR) is 137 cm³/mol. The fourth-order valence-corrected chi connectivity index (χ4v) is 8.18. The molecule has 0 amide bonds. The summed E-state index contributed by atoms with van der Waals surface area (Å²) in [7, 11) is 0.731. The van der Waals surface area contributed by atoms with Gasteiger partial charge in [-0.1, -0.05) is 79.1 Å². The van der Waals surface area contributed by atoms with Gasteiger partial charge in [0.15, 0.2) is 6.20 Å². The normalized spacial score (nSPS) is 13.2. The third-order valence-electron chi connectivity index (χ3n) is 6.78. The second-order valence-corrected chi connectivity index (χ2v) is 15.9. The van der Waals surface area contributed by atoms with Crippen molar-refractivity contribution in [2.75, 3.05) is 0 Å². The topological polar surface area (TPSA) is 3.88 Å². The Morgan fingerprint density at radius 2 is 1.55 bits per heavy atom. The minimum Gasteiger partial charge on any atom is -0.200 e. The van der Waals surface area contributed by atoms with Crippen molar-refractivity contribution in [3.63, 3.8) is 0 Å². The van der Waals surface area contributed by atoms with E-state index in [0.717, 1.165) is 0 Å². The van der Waals surface area contributed by atoms with Crippen LogP contribution >= 0.6 is 11.8 Å². The molecule has 0 spiro atoms. The zero-order valence-corrected chi connectivity index (χ0v) is 20.5. The average molecular weight is 437 g/mol. The summed E-state index contributed by atoms with van der Waals surface area (Å²) in [5, 5.41) is 9.85. The largest absolute Gasteiger partial charge is 0.222 e. The first-order chi connectivity index (χ1) is 14.8. The Hall–Kier alpha value is -2.62. The molecule has 1 aromatic heterocycles. The molecule has 0 radical (unpaired) electrons. The molecule has 4 aromatic carbocycles. The van der Waals surface area contributed by atoms with E-state index in [4.69, 9.17) is 0 Å². The second-order valence-electron chi connectivity index (χ2n) is 9.79. The van der Waals surface area contributed by atoms with Gasteiger partial charge in [0.2, 0.25) is 5.69 Å². The first-order valence-electron chi connectivity index (χ1n) is 10.9. The van der Waals surface area contributed by atoms with Crippen molar-refractivity contribution in [2.45, 2.75) is 36.4 Å². The first kappa shape index (κ1) is 19.1. The quantitative estimate of drug-likeness (QED) is 0.153. The Morgan fingerprint density at radius 1 is 0.774 bits per heavy atom. The Bertz CT molecular complexity index is 1560. The molecule has 0 bridgehead atoms. The summed E-state index contributed by atoms with van der Waals surface area (Å²) in [5.74, 6) is 0. The highest BCUT2D eigenvalue weighted by Gasteiger charge is 2.31. The highest BCUT2D eigenvalue weighted by Crippen LogP contribution is 2.50. The smallest absolute Gasteiger partial charge is 0.200 e. The number of aromatic nitrogens is 1. The van der Waals surface area contributed by atoms with E-state index in [0.29, 0.717) is 0 Å². The lowest BCUT2D eigenvalue weighted by molar-refractivity contribution is -0.659. The van der Waals surface area contributed by atoms with Crippen molar-refractivity contribution in [1.29, 1.82) is 0 Å². The summed E-state index contributed by atoms with van der Waals surface area (Å²) in [6, 6.07) is 22.9. The van der Waals surface area contributed by atoms with Crippen LogP contribution in [-0.4, -0.2) is 8.07 Å². The maximum absolute atomic E-state index is 2.48. The van der Waals surface area contributed by atoms with Gasteiger partial charge in [-0.2, -0.15) is 0 Å². The number of hydrogen-bond donors (Lipinski definition) is 0. The number of nitrogens with zero attached hydrogens (tertiary/aromatic N) is 1. The van der Waals surface area contributed by atoms with Gasteiger partial charge in [-0.15, -0.1) is 0 Å². The number of rotatable bonds is 1. The molecule has 2 heterocycles. The van der Waals surface area contributed by atoms with Crippen LogP contribution < -0.4 is 9.75 Å². The molecule has 1 aliphatic heterocycles. The Morgan fingerprint density at radius 3 is 2.35 bits per heavy atom. The Kier molecular flexibility index (Phi) is 3.97. The molecular weight excluding hydrogens is 410 g/mol. The van der Waals surface area contributed by atoms with Crippen molar-refractivity contribution >= 4 is 57.3 Å². The van der Waals surface area contributed by atoms with Gasteiger partial charge in [-0.25, -0.2) is 4.57 Å². The fraction of sp³-hybridized carbons (Fsp3) is 0.179. The molecule has 31 heavy (non-hydrogen) atoms. The van der Waals surface area contributed by atoms with Crippen LogP contribution in [-0.2, 0) is 7.05 Å². The van der Waals surface area contributed by atoms with E-state index in [1.165, 1.54) is 58.9 Å². The molecule has 0 saturated carbocycles. The van der Waals surface area contributed by atoms with Crippen LogP contribution in [0, 0.1) is 6.92 Å². The Balaban J connectivity index is 1.81. The molecule has 0 N–H and O–H groups in total. The summed E-state index contributed by atoms with van der Waals surface area (Å²) in [6.07, 6.45) is 2.25. The number of aryl methyl sites for hydroxylation is 2. The third-order valence-corrected chi connectivity index (χ3v) is 9.92. The van der Waals surface area contributed by atoms with E-state index in [1.807, 2.05) is 11.8 Å². The van der Waals surface area contributed by atoms with Gasteiger partial charge >= 0.3 is 0 Å². The van der Waals surface area contributed by atoms with E-state index in [1.54, 1.807) is 5.19 Å². The van der Waals surface area contributed by atoms with Crippen LogP contribution in [0.25, 0.3) is 43.6 Å². The molecule has 0 aliphatic carbocycles. The first-order valence-corrected chi connectivity index (χ1v) is 15.3. The van der Waals surface area contributed by atoms with Gasteiger partial charge in [-0.05, 0) is 46.2 Å². The Labute approximate surface area is 188 Å². The maximum atomic E-state index is 2.48. The average Bonchev–Trinajstić information content (AvgIpc) is 2.74. The number of hydrogen-bond acceptors (Lipinski definition) is 1. The standard InChI is InChI=1S/C28H26NSSi/c1-17-19-10-7-6-9-18(19)15-23-26(17)28-27-21(13-14-29(28)2)20-11-8-12-25(31(3,4)5)22(20)16-24(27)30-23/h6-16H,1-5H3/q+1. The van der Waals surface area contributed by atoms with E-state index >= 15 is 0 Å². The molecule has 1 nitrogen and oxygen atoms in total. The zero-order chi connectivity index (χ0) is 21.5. The highest BCUT2D eigenvalue weighted by molar-refractivity contribution is 7.99. The van der Waals surface area contributed by atoms with E-state index in [2.05, 4.69) is 105 Å². The second kappa shape index (κ2) is 6.44. The molecule has 6 rings (SSSR count). The zero-order valence-electron chi connectivity index (χ0n) is 18.7. The molecule has 3 heteroatoms. The summed E-state index contributed by atoms with van der Waals surface area (Å²) >= 11 is 1.95. The maximum Gasteiger partial charge on any atom is 0.222 e. The van der Waals surface area contributed by atoms with Crippen molar-refractivity contribution in [3.8, 4) is 11.3 Å². The van der Waals surface area contributed by atoms with Gasteiger partial charge in [0.05, 0.1) is 19.0 Å². The molecule has 152 valence electrons. The highest BCUT2D eigenvalue weighted by atomic mass is 32.2. The lowest BCUT2D eigenvalue weighted by atomic mass is 9.93. The van der Waals surface area contributed by atoms with Crippen LogP contribution in [0.4, 0.5) is 0 Å². The van der Waals surface area contributed by atoms with Gasteiger partial charge < -0.3 is 0 Å². The van der Waals surface area contributed by atoms with Gasteiger partial charge in [0.1, 0.15) is 7.05 Å². The molecule has 0 unspecified atom stereocenters. The van der Waals surface area contributed by atoms with Crippen molar-refractivity contribution < 1.29 is 4.57 Å². The van der Waals surface area contributed by atoms with Crippen molar-refractivity contribution in [1.82, 2.24) is 0 Å². The van der Waals surface area contributed by atoms with Gasteiger partial charge in [0, 0.05) is 21.2 Å². The minimum atomic E-state index is -1.46. The van der Waals surface area contributed by atoms with Crippen LogP contribution in [0.1, 0.15) is 5.56 Å². The summed E-state index contributed by atoms with van der Waals surface area (Å²) in [4.78, 5) is 2.76. The lowest BCUT2D eigenvalue weighted by Gasteiger charge is -2.24. The van der Waals surface area contributed by atoms with Crippen LogP contribution in [0.5, 0.6) is 0 Å². The van der Waals surface area contributed by atoms with Gasteiger partial charge in [0.25, 0.3) is 0 Å². The molecular formula is C28H26NSSi+. The predicted octanol–water partition coefficient (Wildman–Crippen LogP) is 6.96. The number of benzene rings is 4. The van der Waals surface area contributed by atoms with Gasteiger partial charge in [-0.3, -0.25) is 0 Å². The van der Waals surface area contributed by atoms with E-state index in [-0.39, 0.29) is 0 Å². The molecule has 0 atom stereocenters.